The van der Waals surface area contributed by atoms with E-state index in [1.165, 1.54) is 22.6 Å². The van der Waals surface area contributed by atoms with Crippen molar-refractivity contribution in [2.75, 3.05) is 5.32 Å². The van der Waals surface area contributed by atoms with Crippen molar-refractivity contribution in [3.05, 3.63) is 27.7 Å². The first-order valence-corrected chi connectivity index (χ1v) is 11.3. The van der Waals surface area contributed by atoms with E-state index < -0.39 is 5.97 Å². The molecule has 2 heterocycles. The first kappa shape index (κ1) is 20.1. The van der Waals surface area contributed by atoms with E-state index in [1.807, 2.05) is 13.8 Å². The molecule has 1 N–H and O–H groups in total. The summed E-state index contributed by atoms with van der Waals surface area (Å²) in [6, 6.07) is 0. The second-order valence-electron chi connectivity index (χ2n) is 8.16. The molecule has 2 aliphatic carbocycles. The van der Waals surface area contributed by atoms with Crippen molar-refractivity contribution in [2.24, 2.45) is 5.92 Å². The van der Waals surface area contributed by atoms with Gasteiger partial charge < -0.3 is 14.6 Å². The van der Waals surface area contributed by atoms with Crippen LogP contribution in [0.3, 0.4) is 0 Å². The van der Waals surface area contributed by atoms with Crippen LogP contribution in [0.4, 0.5) is 5.00 Å². The maximum atomic E-state index is 12.9. The standard InChI is InChI=1S/C21H27N3O4S/c1-12(2)18-22-16(28-24-18)11-27-21(26)17-14-9-6-10-15(14)29-20(17)23-19(25)13-7-4-3-5-8-13/h12-13H,3-11H2,1-2H3,(H,23,25). The van der Waals surface area contributed by atoms with E-state index in [0.29, 0.717) is 16.4 Å². The summed E-state index contributed by atoms with van der Waals surface area (Å²) >= 11 is 1.51. The lowest BCUT2D eigenvalue weighted by molar-refractivity contribution is -0.120. The molecule has 2 aromatic heterocycles. The highest BCUT2D eigenvalue weighted by atomic mass is 32.1. The monoisotopic (exact) mass is 417 g/mol. The third kappa shape index (κ3) is 4.37. The Hall–Kier alpha value is -2.22. The van der Waals surface area contributed by atoms with Gasteiger partial charge in [-0.15, -0.1) is 11.3 Å². The van der Waals surface area contributed by atoms with Crippen LogP contribution < -0.4 is 5.32 Å². The Morgan fingerprint density at radius 1 is 1.21 bits per heavy atom. The summed E-state index contributed by atoms with van der Waals surface area (Å²) in [4.78, 5) is 31.0. The number of esters is 1. The Kier molecular flexibility index (Phi) is 5.99. The number of thiophene rings is 1. The normalized spacial score (nSPS) is 16.8. The topological polar surface area (TPSA) is 94.3 Å². The SMILES string of the molecule is CC(C)c1noc(COC(=O)c2c(NC(=O)C3CCCCC3)sc3c2CCC3)n1. The van der Waals surface area contributed by atoms with E-state index in [0.717, 1.165) is 50.5 Å². The van der Waals surface area contributed by atoms with E-state index in [-0.39, 0.29) is 30.2 Å². The molecule has 4 rings (SSSR count). The number of fused-ring (bicyclic) bond motifs is 1. The first-order chi connectivity index (χ1) is 14.0. The molecule has 8 heteroatoms. The van der Waals surface area contributed by atoms with Gasteiger partial charge in [0.25, 0.3) is 5.89 Å². The zero-order chi connectivity index (χ0) is 20.4. The molecule has 29 heavy (non-hydrogen) atoms. The molecule has 2 aromatic rings. The van der Waals surface area contributed by atoms with Gasteiger partial charge in [0.2, 0.25) is 5.91 Å². The molecule has 7 nitrogen and oxygen atoms in total. The second-order valence-corrected chi connectivity index (χ2v) is 9.27. The predicted octanol–water partition coefficient (Wildman–Crippen LogP) is 4.62. The Morgan fingerprint density at radius 2 is 2.00 bits per heavy atom. The molecule has 1 amide bonds. The third-order valence-corrected chi connectivity index (χ3v) is 6.87. The molecule has 156 valence electrons. The summed E-state index contributed by atoms with van der Waals surface area (Å²) in [6.45, 7) is 3.87. The number of ether oxygens (including phenoxy) is 1. The number of hydrogen-bond acceptors (Lipinski definition) is 7. The Bertz CT molecular complexity index is 896. The van der Waals surface area contributed by atoms with E-state index in [1.54, 1.807) is 0 Å². The van der Waals surface area contributed by atoms with Crippen molar-refractivity contribution in [1.29, 1.82) is 0 Å². The molecule has 0 saturated heterocycles. The van der Waals surface area contributed by atoms with Crippen LogP contribution in [-0.4, -0.2) is 22.0 Å². The zero-order valence-corrected chi connectivity index (χ0v) is 17.8. The predicted molar refractivity (Wildman–Crippen MR) is 109 cm³/mol. The minimum atomic E-state index is -0.437. The fourth-order valence-corrected chi connectivity index (χ4v) is 5.33. The number of hydrogen-bond donors (Lipinski definition) is 1. The van der Waals surface area contributed by atoms with Crippen molar-refractivity contribution in [3.8, 4) is 0 Å². The number of nitrogens with one attached hydrogen (secondary N) is 1. The summed E-state index contributed by atoms with van der Waals surface area (Å²) in [5.41, 5.74) is 1.53. The van der Waals surface area contributed by atoms with Crippen LogP contribution in [-0.2, 0) is 29.0 Å². The minimum Gasteiger partial charge on any atom is -0.452 e. The van der Waals surface area contributed by atoms with Crippen molar-refractivity contribution in [1.82, 2.24) is 10.1 Å². The Balaban J connectivity index is 1.47. The van der Waals surface area contributed by atoms with Gasteiger partial charge in [-0.1, -0.05) is 38.3 Å². The highest BCUT2D eigenvalue weighted by molar-refractivity contribution is 7.17. The molecule has 0 radical (unpaired) electrons. The number of carbonyl (C=O) groups excluding carboxylic acids is 2. The number of rotatable bonds is 6. The van der Waals surface area contributed by atoms with Crippen LogP contribution in [0, 0.1) is 5.92 Å². The van der Waals surface area contributed by atoms with E-state index >= 15 is 0 Å². The highest BCUT2D eigenvalue weighted by Crippen LogP contribution is 2.40. The van der Waals surface area contributed by atoms with Gasteiger partial charge in [-0.25, -0.2) is 4.79 Å². The quantitative estimate of drug-likeness (QED) is 0.689. The molecule has 1 fully saturated rings. The molecule has 0 atom stereocenters. The molecular formula is C21H27N3O4S. The van der Waals surface area contributed by atoms with Gasteiger partial charge in [0.1, 0.15) is 5.00 Å². The molecule has 0 unspecified atom stereocenters. The summed E-state index contributed by atoms with van der Waals surface area (Å²) in [5, 5.41) is 7.55. The van der Waals surface area contributed by atoms with Gasteiger partial charge in [0, 0.05) is 16.7 Å². The number of anilines is 1. The largest absolute Gasteiger partial charge is 0.452 e. The summed E-state index contributed by atoms with van der Waals surface area (Å²) in [5.74, 6) is 0.641. The van der Waals surface area contributed by atoms with Gasteiger partial charge in [0.15, 0.2) is 12.4 Å². The smallest absolute Gasteiger partial charge is 0.341 e. The van der Waals surface area contributed by atoms with Gasteiger partial charge in [0.05, 0.1) is 5.56 Å². The van der Waals surface area contributed by atoms with Crippen LogP contribution in [0.1, 0.15) is 90.8 Å². The minimum absolute atomic E-state index is 0.0251. The van der Waals surface area contributed by atoms with Crippen LogP contribution in [0.5, 0.6) is 0 Å². The number of nitrogens with zero attached hydrogens (tertiary/aromatic N) is 2. The molecule has 2 aliphatic rings. The van der Waals surface area contributed by atoms with Crippen LogP contribution in [0.15, 0.2) is 4.52 Å². The van der Waals surface area contributed by atoms with Crippen LogP contribution in [0.25, 0.3) is 0 Å². The lowest BCUT2D eigenvalue weighted by Gasteiger charge is -2.20. The summed E-state index contributed by atoms with van der Waals surface area (Å²) < 4.78 is 10.6. The molecule has 0 spiro atoms. The van der Waals surface area contributed by atoms with Crippen LogP contribution >= 0.6 is 11.3 Å². The number of carbonyl (C=O) groups is 2. The van der Waals surface area contributed by atoms with Gasteiger partial charge in [-0.2, -0.15) is 4.98 Å². The third-order valence-electron chi connectivity index (χ3n) is 5.67. The van der Waals surface area contributed by atoms with Crippen LogP contribution in [0.2, 0.25) is 0 Å². The molecular weight excluding hydrogens is 390 g/mol. The molecule has 0 bridgehead atoms. The van der Waals surface area contributed by atoms with Crippen molar-refractivity contribution >= 4 is 28.2 Å². The lowest BCUT2D eigenvalue weighted by Crippen LogP contribution is -2.25. The van der Waals surface area contributed by atoms with E-state index in [4.69, 9.17) is 9.26 Å². The molecule has 0 aromatic carbocycles. The van der Waals surface area contributed by atoms with Gasteiger partial charge in [-0.3, -0.25) is 4.79 Å². The van der Waals surface area contributed by atoms with Crippen molar-refractivity contribution in [2.45, 2.75) is 77.7 Å². The number of aryl methyl sites for hydroxylation is 1. The fourth-order valence-electron chi connectivity index (χ4n) is 4.05. The van der Waals surface area contributed by atoms with Gasteiger partial charge >= 0.3 is 5.97 Å². The number of aromatic nitrogens is 2. The van der Waals surface area contributed by atoms with Crippen molar-refractivity contribution in [3.63, 3.8) is 0 Å². The van der Waals surface area contributed by atoms with Gasteiger partial charge in [-0.05, 0) is 37.7 Å². The lowest BCUT2D eigenvalue weighted by atomic mass is 9.89. The maximum absolute atomic E-state index is 12.9. The summed E-state index contributed by atoms with van der Waals surface area (Å²) in [7, 11) is 0. The first-order valence-electron chi connectivity index (χ1n) is 10.5. The van der Waals surface area contributed by atoms with E-state index in [9.17, 15) is 9.59 Å². The second kappa shape index (κ2) is 8.65. The fraction of sp³-hybridized carbons (Fsp3) is 0.619. The maximum Gasteiger partial charge on any atom is 0.341 e. The van der Waals surface area contributed by atoms with Crippen molar-refractivity contribution < 1.29 is 18.8 Å². The zero-order valence-electron chi connectivity index (χ0n) is 17.0. The number of amides is 1. The molecule has 1 saturated carbocycles. The summed E-state index contributed by atoms with van der Waals surface area (Å²) in [6.07, 6.45) is 8.04. The van der Waals surface area contributed by atoms with E-state index in [2.05, 4.69) is 15.5 Å². The highest BCUT2D eigenvalue weighted by Gasteiger charge is 2.30. The molecule has 0 aliphatic heterocycles. The Morgan fingerprint density at radius 3 is 2.72 bits per heavy atom. The average molecular weight is 418 g/mol. The Labute approximate surface area is 174 Å². The average Bonchev–Trinajstić information content (AvgIpc) is 3.42.